The van der Waals surface area contributed by atoms with Crippen molar-refractivity contribution < 1.29 is 12.4 Å². The smallest absolute Gasteiger partial charge is 1.00 e. The molecule has 0 radical (unpaired) electrons. The molecule has 0 aliphatic carbocycles. The standard InChI is InChI=1S/C2H5S.ClH.Mg/c1-3-2;;/h1H2,2H3;1H;/q-1;;+2/p-1. The van der Waals surface area contributed by atoms with Gasteiger partial charge >= 0.3 is 23.1 Å². The fraction of sp³-hybridized carbons (Fsp3) is 0.500. The fourth-order valence-electron chi connectivity index (χ4n) is 0. The normalized spacial score (nSPS) is 3.60. The van der Waals surface area contributed by atoms with Crippen molar-refractivity contribution in [3.8, 4) is 0 Å². The summed E-state index contributed by atoms with van der Waals surface area (Å²) in [5.41, 5.74) is 0. The van der Waals surface area contributed by atoms with Crippen LogP contribution in [0.25, 0.3) is 0 Å². The minimum Gasteiger partial charge on any atom is -1.00 e. The van der Waals surface area contributed by atoms with Crippen molar-refractivity contribution >= 4 is 34.8 Å². The van der Waals surface area contributed by atoms with Crippen molar-refractivity contribution in [3.05, 3.63) is 6.26 Å². The second-order valence-electron chi connectivity index (χ2n) is 0.289. The molecule has 0 saturated heterocycles. The van der Waals surface area contributed by atoms with E-state index in [0.29, 0.717) is 0 Å². The van der Waals surface area contributed by atoms with Crippen LogP contribution in [0.3, 0.4) is 0 Å². The molecule has 0 rings (SSSR count). The van der Waals surface area contributed by atoms with Gasteiger partial charge in [-0.15, -0.1) is 0 Å². The average molecular weight is 121 g/mol. The van der Waals surface area contributed by atoms with Gasteiger partial charge in [0.2, 0.25) is 0 Å². The van der Waals surface area contributed by atoms with Crippen LogP contribution in [-0.4, -0.2) is 29.3 Å². The fourth-order valence-corrected chi connectivity index (χ4v) is 0. The molecule has 0 atom stereocenters. The van der Waals surface area contributed by atoms with E-state index >= 15 is 0 Å². The number of thioether (sulfide) groups is 1. The summed E-state index contributed by atoms with van der Waals surface area (Å²) in [5, 5.41) is 0. The van der Waals surface area contributed by atoms with Gasteiger partial charge in [-0.05, 0) is 6.26 Å². The molecule has 0 heterocycles. The van der Waals surface area contributed by atoms with E-state index in [9.17, 15) is 0 Å². The van der Waals surface area contributed by atoms with Gasteiger partial charge in [-0.2, -0.15) is 0 Å². The first-order valence-corrected chi connectivity index (χ1v) is 2.09. The zero-order chi connectivity index (χ0) is 2.71. The molecule has 0 aliphatic rings. The zero-order valence-corrected chi connectivity index (χ0v) is 6.19. The van der Waals surface area contributed by atoms with E-state index in [2.05, 4.69) is 6.26 Å². The van der Waals surface area contributed by atoms with Crippen LogP contribution < -0.4 is 12.4 Å². The molecule has 0 aromatic rings. The van der Waals surface area contributed by atoms with E-state index < -0.39 is 0 Å². The maximum atomic E-state index is 3.40. The molecular weight excluding hydrogens is 116 g/mol. The van der Waals surface area contributed by atoms with Crippen LogP contribution in [0.5, 0.6) is 0 Å². The molecule has 0 aliphatic heterocycles. The first-order valence-electron chi connectivity index (χ1n) is 0.697. The Labute approximate surface area is 59.7 Å². The predicted octanol–water partition coefficient (Wildman–Crippen LogP) is -2.24. The Morgan fingerprint density at radius 2 is 1.60 bits per heavy atom. The second-order valence-corrected chi connectivity index (χ2v) is 0.866. The van der Waals surface area contributed by atoms with E-state index in [1.807, 2.05) is 6.26 Å². The first-order chi connectivity index (χ1) is 1.41. The van der Waals surface area contributed by atoms with E-state index in [4.69, 9.17) is 0 Å². The molecule has 0 amide bonds. The van der Waals surface area contributed by atoms with Gasteiger partial charge in [0.25, 0.3) is 0 Å². The number of hydrogen-bond donors (Lipinski definition) is 0. The van der Waals surface area contributed by atoms with E-state index in [-0.39, 0.29) is 35.5 Å². The maximum absolute atomic E-state index is 3.40. The van der Waals surface area contributed by atoms with Crippen LogP contribution in [0, 0.1) is 6.26 Å². The van der Waals surface area contributed by atoms with Gasteiger partial charge in [0.15, 0.2) is 0 Å². The summed E-state index contributed by atoms with van der Waals surface area (Å²) in [4.78, 5) is 0. The summed E-state index contributed by atoms with van der Waals surface area (Å²) in [6.07, 6.45) is 5.33. The summed E-state index contributed by atoms with van der Waals surface area (Å²) < 4.78 is 0. The van der Waals surface area contributed by atoms with Gasteiger partial charge in [0.1, 0.15) is 0 Å². The summed E-state index contributed by atoms with van der Waals surface area (Å²) >= 11 is 1.50. The molecule has 0 aromatic heterocycles. The Morgan fingerprint density at radius 3 is 1.60 bits per heavy atom. The van der Waals surface area contributed by atoms with Crippen molar-refractivity contribution in [2.45, 2.75) is 0 Å². The minimum absolute atomic E-state index is 0. The zero-order valence-electron chi connectivity index (χ0n) is 3.20. The SMILES string of the molecule is [CH2-]SC.[Cl-].[Mg+2]. The third-order valence-corrected chi connectivity index (χ3v) is 0. The average Bonchev–Trinajstić information content (AvgIpc) is 0.918. The van der Waals surface area contributed by atoms with Crippen LogP contribution in [0.2, 0.25) is 0 Å². The molecule has 0 bridgehead atoms. The number of hydrogen-bond acceptors (Lipinski definition) is 1. The molecule has 0 aromatic carbocycles. The van der Waals surface area contributed by atoms with Crippen molar-refractivity contribution in [2.75, 3.05) is 6.26 Å². The van der Waals surface area contributed by atoms with Gasteiger partial charge < -0.3 is 24.2 Å². The monoisotopic (exact) mass is 120 g/mol. The van der Waals surface area contributed by atoms with Crippen molar-refractivity contribution in [2.24, 2.45) is 0 Å². The minimum atomic E-state index is 0. The van der Waals surface area contributed by atoms with Crippen molar-refractivity contribution in [1.82, 2.24) is 0 Å². The molecular formula is C2H5ClMgS. The Kier molecular flexibility index (Phi) is 58.5. The van der Waals surface area contributed by atoms with E-state index in [0.717, 1.165) is 0 Å². The third kappa shape index (κ3) is 31.7. The van der Waals surface area contributed by atoms with Crippen LogP contribution >= 0.6 is 11.8 Å². The number of rotatable bonds is 0. The summed E-state index contributed by atoms with van der Waals surface area (Å²) in [6, 6.07) is 0. The van der Waals surface area contributed by atoms with Gasteiger partial charge in [0.05, 0.1) is 0 Å². The first kappa shape index (κ1) is 16.1. The van der Waals surface area contributed by atoms with Gasteiger partial charge in [-0.25, -0.2) is 0 Å². The van der Waals surface area contributed by atoms with Crippen molar-refractivity contribution in [1.29, 1.82) is 0 Å². The third-order valence-electron chi connectivity index (χ3n) is 0. The molecule has 0 fully saturated rings. The van der Waals surface area contributed by atoms with Crippen LogP contribution in [0.1, 0.15) is 0 Å². The van der Waals surface area contributed by atoms with E-state index in [1.165, 1.54) is 11.8 Å². The predicted molar refractivity (Wildman–Crippen MR) is 24.6 cm³/mol. The molecule has 28 valence electrons. The molecule has 0 unspecified atom stereocenters. The summed E-state index contributed by atoms with van der Waals surface area (Å²) in [7, 11) is 0. The maximum Gasteiger partial charge on any atom is 2.00 e. The Hall–Kier alpha value is 1.41. The van der Waals surface area contributed by atoms with E-state index in [1.54, 1.807) is 0 Å². The van der Waals surface area contributed by atoms with Crippen LogP contribution in [0.15, 0.2) is 0 Å². The van der Waals surface area contributed by atoms with Gasteiger partial charge in [0, 0.05) is 0 Å². The Bertz CT molecular complexity index is 9.61. The quantitative estimate of drug-likeness (QED) is 0.258. The van der Waals surface area contributed by atoms with Crippen LogP contribution in [0.4, 0.5) is 0 Å². The molecule has 5 heavy (non-hydrogen) atoms. The summed E-state index contributed by atoms with van der Waals surface area (Å²) in [6.45, 7) is 0. The Balaban J connectivity index is -0.0000000200. The van der Waals surface area contributed by atoms with Gasteiger partial charge in [-0.1, -0.05) is 0 Å². The number of halogens is 1. The molecule has 3 heteroatoms. The molecule has 0 spiro atoms. The molecule has 0 N–H and O–H groups in total. The van der Waals surface area contributed by atoms with Crippen molar-refractivity contribution in [3.63, 3.8) is 0 Å². The molecule has 0 saturated carbocycles. The summed E-state index contributed by atoms with van der Waals surface area (Å²) in [5.74, 6) is 0. The van der Waals surface area contributed by atoms with Gasteiger partial charge in [-0.3, -0.25) is 6.26 Å². The molecule has 0 nitrogen and oxygen atoms in total. The Morgan fingerprint density at radius 1 is 1.60 bits per heavy atom. The second kappa shape index (κ2) is 18.1. The topological polar surface area (TPSA) is 0 Å². The van der Waals surface area contributed by atoms with Crippen LogP contribution in [-0.2, 0) is 0 Å². The largest absolute Gasteiger partial charge is 2.00 e.